The van der Waals surface area contributed by atoms with Gasteiger partial charge >= 0.3 is 0 Å². The van der Waals surface area contributed by atoms with Gasteiger partial charge in [0.25, 0.3) is 0 Å². The van der Waals surface area contributed by atoms with Crippen molar-refractivity contribution in [2.24, 2.45) is 39.6 Å². The molecule has 0 aliphatic heterocycles. The Morgan fingerprint density at radius 2 is 1.88 bits per heavy atom. The number of hydrogen-bond acceptors (Lipinski definition) is 5. The van der Waals surface area contributed by atoms with Crippen molar-refractivity contribution in [1.29, 1.82) is 5.41 Å². The zero-order valence-electron chi connectivity index (χ0n) is 21.2. The van der Waals surface area contributed by atoms with Crippen molar-refractivity contribution in [2.45, 2.75) is 89.8 Å². The first kappa shape index (κ1) is 24.9. The Labute approximate surface area is 200 Å². The fraction of sp³-hybridized carbons (Fsp3) is 0.923. The van der Waals surface area contributed by atoms with Crippen molar-refractivity contribution < 1.29 is 10.2 Å². The molecule has 0 bridgehead atoms. The third kappa shape index (κ3) is 4.45. The van der Waals surface area contributed by atoms with E-state index in [1.54, 1.807) is 0 Å². The van der Waals surface area contributed by atoms with Crippen LogP contribution in [0.4, 0.5) is 0 Å². The lowest BCUT2D eigenvalue weighted by Gasteiger charge is -2.63. The third-order valence-corrected chi connectivity index (χ3v) is 10.5. The minimum Gasteiger partial charge on any atom is -0.393 e. The first-order valence-corrected chi connectivity index (χ1v) is 13.3. The SMILES string of the molecule is CN(C)CCNC(=N)N/N=C/C[C@H]1CC[C@]2(O)[C@@H]3CC[C@@H]4C[C@@H](O)CC[C@]4(C)[C@H]3CC[C@]12C. The van der Waals surface area contributed by atoms with E-state index in [0.29, 0.717) is 30.2 Å². The molecule has 4 fully saturated rings. The monoisotopic (exact) mass is 461 g/mol. The lowest BCUT2D eigenvalue weighted by molar-refractivity contribution is -0.209. The summed E-state index contributed by atoms with van der Waals surface area (Å²) in [5, 5.41) is 37.7. The molecule has 0 saturated heterocycles. The number of aliphatic hydroxyl groups excluding tert-OH is 1. The molecule has 0 aromatic rings. The molecule has 0 unspecified atom stereocenters. The van der Waals surface area contributed by atoms with Gasteiger partial charge in [-0.2, -0.15) is 5.10 Å². The van der Waals surface area contributed by atoms with E-state index in [9.17, 15) is 10.2 Å². The van der Waals surface area contributed by atoms with Gasteiger partial charge in [0.15, 0.2) is 0 Å². The van der Waals surface area contributed by atoms with Crippen molar-refractivity contribution in [1.82, 2.24) is 15.6 Å². The molecule has 33 heavy (non-hydrogen) atoms. The van der Waals surface area contributed by atoms with Crippen LogP contribution in [0.15, 0.2) is 5.10 Å². The first-order valence-electron chi connectivity index (χ1n) is 13.3. The van der Waals surface area contributed by atoms with Crippen LogP contribution in [0.25, 0.3) is 0 Å². The van der Waals surface area contributed by atoms with Gasteiger partial charge in [-0.25, -0.2) is 5.43 Å². The molecule has 8 atom stereocenters. The molecule has 7 heteroatoms. The summed E-state index contributed by atoms with van der Waals surface area (Å²) in [5.41, 5.74) is 2.44. The van der Waals surface area contributed by atoms with Gasteiger partial charge in [-0.05, 0) is 113 Å². The van der Waals surface area contributed by atoms with Crippen molar-refractivity contribution in [3.63, 3.8) is 0 Å². The van der Waals surface area contributed by atoms with E-state index < -0.39 is 5.60 Å². The predicted octanol–water partition coefficient (Wildman–Crippen LogP) is 3.17. The molecule has 188 valence electrons. The molecule has 4 saturated carbocycles. The van der Waals surface area contributed by atoms with Crippen LogP contribution in [-0.2, 0) is 0 Å². The minimum atomic E-state index is -0.577. The predicted molar refractivity (Wildman–Crippen MR) is 133 cm³/mol. The highest BCUT2D eigenvalue weighted by molar-refractivity contribution is 5.77. The van der Waals surface area contributed by atoms with Crippen molar-refractivity contribution in [3.05, 3.63) is 0 Å². The highest BCUT2D eigenvalue weighted by Gasteiger charge is 2.66. The summed E-state index contributed by atoms with van der Waals surface area (Å²) >= 11 is 0. The Morgan fingerprint density at radius 1 is 1.09 bits per heavy atom. The zero-order valence-corrected chi connectivity index (χ0v) is 21.2. The van der Waals surface area contributed by atoms with Gasteiger partial charge in [0, 0.05) is 19.3 Å². The number of aliphatic hydroxyl groups is 2. The Bertz CT molecular complexity index is 744. The largest absolute Gasteiger partial charge is 0.393 e. The molecule has 0 spiro atoms. The third-order valence-electron chi connectivity index (χ3n) is 10.5. The number of nitrogens with one attached hydrogen (secondary N) is 3. The molecule has 4 aliphatic carbocycles. The van der Waals surface area contributed by atoms with Crippen LogP contribution in [0.3, 0.4) is 0 Å². The zero-order chi connectivity index (χ0) is 23.9. The summed E-state index contributed by atoms with van der Waals surface area (Å²) in [7, 11) is 4.03. The number of rotatable bonds is 6. The Balaban J connectivity index is 1.37. The highest BCUT2D eigenvalue weighted by Crippen LogP contribution is 2.69. The lowest BCUT2D eigenvalue weighted by Crippen LogP contribution is -2.62. The summed E-state index contributed by atoms with van der Waals surface area (Å²) in [6.07, 6.45) is 12.2. The van der Waals surface area contributed by atoms with Crippen LogP contribution in [0.1, 0.15) is 78.1 Å². The number of nitrogens with zero attached hydrogens (tertiary/aromatic N) is 2. The molecular weight excluding hydrogens is 414 g/mol. The van der Waals surface area contributed by atoms with Crippen molar-refractivity contribution in [2.75, 3.05) is 27.2 Å². The van der Waals surface area contributed by atoms with E-state index in [0.717, 1.165) is 64.3 Å². The Morgan fingerprint density at radius 3 is 2.64 bits per heavy atom. The smallest absolute Gasteiger partial charge is 0.209 e. The van der Waals surface area contributed by atoms with Gasteiger partial charge < -0.3 is 20.4 Å². The van der Waals surface area contributed by atoms with Crippen molar-refractivity contribution >= 4 is 12.2 Å². The molecule has 0 aromatic heterocycles. The van der Waals surface area contributed by atoms with E-state index in [1.807, 2.05) is 20.3 Å². The minimum absolute atomic E-state index is 0.0605. The van der Waals surface area contributed by atoms with Crippen molar-refractivity contribution in [3.8, 4) is 0 Å². The normalized spacial score (nSPS) is 44.9. The van der Waals surface area contributed by atoms with Crippen LogP contribution >= 0.6 is 0 Å². The van der Waals surface area contributed by atoms with Crippen LogP contribution in [0.2, 0.25) is 0 Å². The molecule has 5 N–H and O–H groups in total. The standard InChI is InChI=1S/C26H47N5O2/c1-24-11-8-20(32)17-19(24)5-6-22-21(24)9-12-25(2)18(7-13-26(22,25)33)10-14-29-30-23(27)28-15-16-31(3)4/h14,18-22,32-33H,5-13,15-17H2,1-4H3,(H3,27,28,30)/b29-14+/t18-,19-,20+,21+,22-,24+,25-,26+/m1/s1. The second-order valence-electron chi connectivity index (χ2n) is 12.3. The van der Waals surface area contributed by atoms with Gasteiger partial charge in [0.05, 0.1) is 11.7 Å². The number of guanidine groups is 1. The maximum atomic E-state index is 12.2. The van der Waals surface area contributed by atoms with E-state index in [1.165, 1.54) is 6.42 Å². The summed E-state index contributed by atoms with van der Waals surface area (Å²) in [4.78, 5) is 2.07. The Kier molecular flexibility index (Phi) is 7.15. The second kappa shape index (κ2) is 9.46. The van der Waals surface area contributed by atoms with Gasteiger partial charge in [-0.3, -0.25) is 5.41 Å². The maximum Gasteiger partial charge on any atom is 0.209 e. The van der Waals surface area contributed by atoms with Gasteiger partial charge in [-0.15, -0.1) is 0 Å². The van der Waals surface area contributed by atoms with E-state index in [4.69, 9.17) is 5.41 Å². The number of hydrogen-bond donors (Lipinski definition) is 5. The summed E-state index contributed by atoms with van der Waals surface area (Å²) in [6, 6.07) is 0. The van der Waals surface area contributed by atoms with Gasteiger partial charge in [0.1, 0.15) is 0 Å². The fourth-order valence-corrected chi connectivity index (χ4v) is 8.43. The molecular formula is C26H47N5O2. The second-order valence-corrected chi connectivity index (χ2v) is 12.3. The molecule has 0 heterocycles. The first-order chi connectivity index (χ1) is 15.6. The topological polar surface area (TPSA) is 104 Å². The molecule has 7 nitrogen and oxygen atoms in total. The molecule has 0 aromatic carbocycles. The molecule has 0 radical (unpaired) electrons. The lowest BCUT2D eigenvalue weighted by atomic mass is 9.43. The summed E-state index contributed by atoms with van der Waals surface area (Å²) < 4.78 is 0. The fourth-order valence-electron chi connectivity index (χ4n) is 8.43. The average molecular weight is 462 g/mol. The number of hydrazone groups is 1. The van der Waals surface area contributed by atoms with Crippen LogP contribution < -0.4 is 10.7 Å². The molecule has 4 rings (SSSR count). The number of fused-ring (bicyclic) bond motifs is 5. The summed E-state index contributed by atoms with van der Waals surface area (Å²) in [5.74, 6) is 2.26. The van der Waals surface area contributed by atoms with E-state index in [2.05, 4.69) is 34.6 Å². The van der Waals surface area contributed by atoms with E-state index >= 15 is 0 Å². The van der Waals surface area contributed by atoms with Crippen LogP contribution in [0, 0.1) is 39.9 Å². The maximum absolute atomic E-state index is 12.2. The highest BCUT2D eigenvalue weighted by atomic mass is 16.3. The van der Waals surface area contributed by atoms with E-state index in [-0.39, 0.29) is 22.9 Å². The summed E-state index contributed by atoms with van der Waals surface area (Å²) in [6.45, 7) is 6.39. The van der Waals surface area contributed by atoms with Crippen LogP contribution in [0.5, 0.6) is 0 Å². The van der Waals surface area contributed by atoms with Gasteiger partial charge in [-0.1, -0.05) is 13.8 Å². The quantitative estimate of drug-likeness (QED) is 0.237. The number of likely N-dealkylation sites (N-methyl/N-ethyl adjacent to an activating group) is 1. The van der Waals surface area contributed by atoms with Gasteiger partial charge in [0.2, 0.25) is 5.96 Å². The molecule has 4 aliphatic rings. The Hall–Kier alpha value is -1.18. The molecule has 0 amide bonds. The average Bonchev–Trinajstić information content (AvgIpc) is 3.02. The van der Waals surface area contributed by atoms with Crippen LogP contribution in [-0.4, -0.2) is 66.2 Å².